The van der Waals surface area contributed by atoms with Gasteiger partial charge in [-0.1, -0.05) is 29.8 Å². The fourth-order valence-corrected chi connectivity index (χ4v) is 3.88. The van der Waals surface area contributed by atoms with Gasteiger partial charge in [-0.15, -0.1) is 0 Å². The Morgan fingerprint density at radius 1 is 1.11 bits per heavy atom. The maximum atomic E-state index is 13.3. The monoisotopic (exact) mass is 399 g/mol. The number of Topliss-reactive ketones (excluding diaryl/α,β-unsaturated/α-hetero) is 1. The van der Waals surface area contributed by atoms with Crippen LogP contribution in [0, 0.1) is 5.82 Å². The first-order chi connectivity index (χ1) is 13.4. The largest absolute Gasteiger partial charge is 0.505 e. The minimum absolute atomic E-state index is 0.116. The van der Waals surface area contributed by atoms with Gasteiger partial charge in [0.05, 0.1) is 16.8 Å². The fourth-order valence-electron chi connectivity index (χ4n) is 3.72. The molecule has 0 amide bonds. The van der Waals surface area contributed by atoms with E-state index in [2.05, 4.69) is 0 Å². The number of ketones is 1. The Bertz CT molecular complexity index is 1160. The van der Waals surface area contributed by atoms with Crippen molar-refractivity contribution in [1.29, 1.82) is 0 Å². The highest BCUT2D eigenvalue weighted by Crippen LogP contribution is 2.38. The number of aliphatic carboxylic acids is 1. The first-order valence-electron chi connectivity index (χ1n) is 8.62. The first kappa shape index (κ1) is 18.3. The summed E-state index contributed by atoms with van der Waals surface area (Å²) >= 11 is 6.17. The molecule has 28 heavy (non-hydrogen) atoms. The minimum atomic E-state index is -1.60. The van der Waals surface area contributed by atoms with Gasteiger partial charge < -0.3 is 14.8 Å². The van der Waals surface area contributed by atoms with Gasteiger partial charge in [-0.05, 0) is 48.2 Å². The lowest BCUT2D eigenvalue weighted by Crippen LogP contribution is -2.21. The van der Waals surface area contributed by atoms with Gasteiger partial charge in [-0.25, -0.2) is 9.18 Å². The zero-order chi connectivity index (χ0) is 20.0. The van der Waals surface area contributed by atoms with Crippen LogP contribution in [0.3, 0.4) is 0 Å². The van der Waals surface area contributed by atoms with Crippen LogP contribution >= 0.6 is 11.6 Å². The summed E-state index contributed by atoms with van der Waals surface area (Å²) in [4.78, 5) is 23.1. The number of hydrogen-bond acceptors (Lipinski definition) is 3. The molecule has 0 bridgehead atoms. The average molecular weight is 400 g/mol. The van der Waals surface area contributed by atoms with E-state index in [0.717, 1.165) is 22.0 Å². The summed E-state index contributed by atoms with van der Waals surface area (Å²) in [5.74, 6) is -3.40. The number of hydrogen-bond donors (Lipinski definition) is 2. The number of nitrogens with zero attached hydrogens (tertiary/aromatic N) is 1. The van der Waals surface area contributed by atoms with Crippen molar-refractivity contribution in [2.24, 2.45) is 0 Å². The van der Waals surface area contributed by atoms with Crippen LogP contribution in [0.5, 0.6) is 0 Å². The maximum absolute atomic E-state index is 13.3. The van der Waals surface area contributed by atoms with Crippen molar-refractivity contribution >= 4 is 40.0 Å². The van der Waals surface area contributed by atoms with Gasteiger partial charge in [0, 0.05) is 17.0 Å². The summed E-state index contributed by atoms with van der Waals surface area (Å²) in [6.45, 7) is 0.297. The number of rotatable bonds is 4. The molecule has 0 fully saturated rings. The highest BCUT2D eigenvalue weighted by atomic mass is 35.5. The van der Waals surface area contributed by atoms with Crippen molar-refractivity contribution in [3.8, 4) is 0 Å². The van der Waals surface area contributed by atoms with Crippen LogP contribution < -0.4 is 0 Å². The van der Waals surface area contributed by atoms with Crippen molar-refractivity contribution < 1.29 is 24.2 Å². The normalized spacial score (nSPS) is 13.6. The molecule has 2 aromatic carbocycles. The van der Waals surface area contributed by atoms with Crippen LogP contribution in [0.15, 0.2) is 48.0 Å². The van der Waals surface area contributed by atoms with E-state index >= 15 is 0 Å². The van der Waals surface area contributed by atoms with E-state index in [1.807, 2.05) is 6.07 Å². The van der Waals surface area contributed by atoms with E-state index in [4.69, 9.17) is 16.7 Å². The number of fused-ring (bicyclic) bond motifs is 3. The summed E-state index contributed by atoms with van der Waals surface area (Å²) in [6.07, 6.45) is 0.560. The fraction of sp³-hybridized carbons (Fsp3) is 0.143. The van der Waals surface area contributed by atoms with E-state index in [1.165, 1.54) is 12.1 Å². The Balaban J connectivity index is 1.96. The van der Waals surface area contributed by atoms with Crippen LogP contribution in [0.4, 0.5) is 4.39 Å². The lowest BCUT2D eigenvalue weighted by molar-refractivity contribution is -0.147. The predicted octanol–water partition coefficient (Wildman–Crippen LogP) is 4.35. The van der Waals surface area contributed by atoms with E-state index < -0.39 is 11.8 Å². The number of carboxylic acid groups (broad SMARTS) is 1. The Kier molecular flexibility index (Phi) is 4.43. The molecule has 142 valence electrons. The zero-order valence-electron chi connectivity index (χ0n) is 14.6. The second-order valence-electron chi connectivity index (χ2n) is 6.66. The van der Waals surface area contributed by atoms with Crippen molar-refractivity contribution in [3.63, 3.8) is 0 Å². The maximum Gasteiger partial charge on any atom is 0.377 e. The number of aliphatic hydroxyl groups excluding tert-OH is 1. The van der Waals surface area contributed by atoms with Gasteiger partial charge in [0.1, 0.15) is 11.6 Å². The molecule has 0 radical (unpaired) electrons. The highest BCUT2D eigenvalue weighted by Gasteiger charge is 2.31. The zero-order valence-corrected chi connectivity index (χ0v) is 15.3. The third kappa shape index (κ3) is 2.96. The Morgan fingerprint density at radius 3 is 2.50 bits per heavy atom. The van der Waals surface area contributed by atoms with Gasteiger partial charge in [-0.3, -0.25) is 4.79 Å². The SMILES string of the molecule is O=C(O)C(=O)C1=C(O)c2c(c3ccc(Cl)cc3n2Cc2ccc(F)cc2)CC1. The second-order valence-corrected chi connectivity index (χ2v) is 7.10. The number of carbonyl (C=O) groups is 2. The van der Waals surface area contributed by atoms with Gasteiger partial charge in [-0.2, -0.15) is 0 Å². The number of aromatic nitrogens is 1. The van der Waals surface area contributed by atoms with E-state index in [9.17, 15) is 19.1 Å². The lowest BCUT2D eigenvalue weighted by Gasteiger charge is -2.18. The third-order valence-electron chi connectivity index (χ3n) is 4.99. The Hall–Kier alpha value is -3.12. The number of halogens is 2. The molecule has 1 aromatic heterocycles. The molecule has 1 aliphatic carbocycles. The van der Waals surface area contributed by atoms with Crippen LogP contribution in [0.2, 0.25) is 5.02 Å². The van der Waals surface area contributed by atoms with Gasteiger partial charge in [0.15, 0.2) is 0 Å². The van der Waals surface area contributed by atoms with Gasteiger partial charge in [0.25, 0.3) is 5.78 Å². The number of benzene rings is 2. The highest BCUT2D eigenvalue weighted by molar-refractivity contribution is 6.41. The molecule has 4 rings (SSSR count). The topological polar surface area (TPSA) is 79.5 Å². The van der Waals surface area contributed by atoms with Crippen molar-refractivity contribution in [3.05, 3.63) is 75.7 Å². The van der Waals surface area contributed by atoms with E-state index in [1.54, 1.807) is 28.8 Å². The van der Waals surface area contributed by atoms with Crippen LogP contribution in [0.25, 0.3) is 16.7 Å². The predicted molar refractivity (Wildman–Crippen MR) is 103 cm³/mol. The molecular weight excluding hydrogens is 385 g/mol. The molecule has 1 aliphatic rings. The first-order valence-corrected chi connectivity index (χ1v) is 8.99. The standard InChI is InChI=1S/C21H15ClFNO4/c22-12-3-6-14-15-7-8-16(20(26)21(27)28)19(25)18(15)24(17(14)9-12)10-11-1-4-13(23)5-2-11/h1-6,9,25H,7-8,10H2,(H,27,28). The molecule has 0 aliphatic heterocycles. The molecule has 7 heteroatoms. The number of carboxylic acids is 1. The molecule has 0 spiro atoms. The van der Waals surface area contributed by atoms with Gasteiger partial charge in [0.2, 0.25) is 0 Å². The summed E-state index contributed by atoms with van der Waals surface area (Å²) < 4.78 is 15.0. The number of aryl methyl sites for hydroxylation is 1. The van der Waals surface area contributed by atoms with E-state index in [-0.39, 0.29) is 23.6 Å². The summed E-state index contributed by atoms with van der Waals surface area (Å²) in [5.41, 5.74) is 2.64. The minimum Gasteiger partial charge on any atom is -0.505 e. The van der Waals surface area contributed by atoms with Crippen molar-refractivity contribution in [2.75, 3.05) is 0 Å². The Morgan fingerprint density at radius 2 is 1.82 bits per heavy atom. The molecule has 2 N–H and O–H groups in total. The smallest absolute Gasteiger partial charge is 0.377 e. The van der Waals surface area contributed by atoms with Crippen molar-refractivity contribution in [1.82, 2.24) is 4.57 Å². The van der Waals surface area contributed by atoms with Crippen molar-refractivity contribution in [2.45, 2.75) is 19.4 Å². The number of carbonyl (C=O) groups excluding carboxylic acids is 1. The molecular formula is C21H15ClFNO4. The van der Waals surface area contributed by atoms with E-state index in [0.29, 0.717) is 23.7 Å². The molecule has 0 atom stereocenters. The molecule has 0 saturated heterocycles. The Labute approximate surface area is 164 Å². The van der Waals surface area contributed by atoms with Gasteiger partial charge >= 0.3 is 5.97 Å². The summed E-state index contributed by atoms with van der Waals surface area (Å²) in [6, 6.07) is 11.3. The van der Waals surface area contributed by atoms with Crippen LogP contribution in [-0.2, 0) is 22.6 Å². The number of aliphatic hydroxyl groups is 1. The average Bonchev–Trinajstić information content (AvgIpc) is 2.97. The lowest BCUT2D eigenvalue weighted by atomic mass is 9.91. The quantitative estimate of drug-likeness (QED) is 0.639. The van der Waals surface area contributed by atoms with Crippen LogP contribution in [0.1, 0.15) is 23.2 Å². The summed E-state index contributed by atoms with van der Waals surface area (Å²) in [5, 5.41) is 21.2. The molecule has 3 aromatic rings. The second kappa shape index (κ2) is 6.80. The molecule has 1 heterocycles. The molecule has 0 unspecified atom stereocenters. The summed E-state index contributed by atoms with van der Waals surface area (Å²) in [7, 11) is 0. The molecule has 0 saturated carbocycles. The van der Waals surface area contributed by atoms with Crippen LogP contribution in [-0.4, -0.2) is 26.5 Å². The third-order valence-corrected chi connectivity index (χ3v) is 5.22. The molecule has 5 nitrogen and oxygen atoms in total.